The van der Waals surface area contributed by atoms with Gasteiger partial charge in [-0.25, -0.2) is 9.97 Å². The molecule has 1 heterocycles. The fourth-order valence-corrected chi connectivity index (χ4v) is 3.07. The van der Waals surface area contributed by atoms with Gasteiger partial charge in [0.2, 0.25) is 0 Å². The highest BCUT2D eigenvalue weighted by Gasteiger charge is 2.20. The summed E-state index contributed by atoms with van der Waals surface area (Å²) in [6, 6.07) is 18.0. The molecule has 3 aromatic rings. The summed E-state index contributed by atoms with van der Waals surface area (Å²) >= 11 is 0. The van der Waals surface area contributed by atoms with Crippen molar-refractivity contribution in [2.45, 2.75) is 26.2 Å². The van der Waals surface area contributed by atoms with E-state index in [4.69, 9.17) is 5.11 Å². The van der Waals surface area contributed by atoms with Gasteiger partial charge in [0.25, 0.3) is 5.91 Å². The van der Waals surface area contributed by atoms with Gasteiger partial charge in [0.15, 0.2) is 11.4 Å². The van der Waals surface area contributed by atoms with Crippen molar-refractivity contribution < 1.29 is 19.8 Å². The molecule has 1 aromatic heterocycles. The van der Waals surface area contributed by atoms with Crippen LogP contribution in [-0.2, 0) is 17.6 Å². The zero-order valence-corrected chi connectivity index (χ0v) is 16.6. The number of nitrogens with one attached hydrogen (secondary N) is 1. The summed E-state index contributed by atoms with van der Waals surface area (Å²) in [5, 5.41) is 21.4. The first-order chi connectivity index (χ1) is 14.5. The fourth-order valence-electron chi connectivity index (χ4n) is 3.07. The van der Waals surface area contributed by atoms with E-state index in [1.54, 1.807) is 0 Å². The third-order valence-electron chi connectivity index (χ3n) is 4.53. The van der Waals surface area contributed by atoms with Crippen molar-refractivity contribution in [3.8, 4) is 16.9 Å². The number of hydrogen-bond acceptors (Lipinski definition) is 5. The van der Waals surface area contributed by atoms with E-state index in [0.29, 0.717) is 24.4 Å². The Balaban J connectivity index is 1.85. The third kappa shape index (κ3) is 5.20. The molecule has 3 rings (SSSR count). The number of nitrogens with zero attached hydrogens (tertiary/aromatic N) is 2. The van der Waals surface area contributed by atoms with Crippen LogP contribution in [0.15, 0.2) is 54.6 Å². The molecule has 1 amide bonds. The second-order valence-electron chi connectivity index (χ2n) is 6.85. The summed E-state index contributed by atoms with van der Waals surface area (Å²) in [5.41, 5.74) is 3.34. The van der Waals surface area contributed by atoms with E-state index in [1.165, 1.54) is 0 Å². The number of hydrogen-bond donors (Lipinski definition) is 3. The van der Waals surface area contributed by atoms with Crippen LogP contribution in [0.2, 0.25) is 0 Å². The van der Waals surface area contributed by atoms with E-state index >= 15 is 0 Å². The highest BCUT2D eigenvalue weighted by atomic mass is 16.4. The maximum absolute atomic E-state index is 12.3. The topological polar surface area (TPSA) is 112 Å². The second kappa shape index (κ2) is 9.65. The Kier molecular flexibility index (Phi) is 6.75. The molecular formula is C23H23N3O4. The number of amides is 1. The minimum absolute atomic E-state index is 0.203. The molecule has 0 spiro atoms. The van der Waals surface area contributed by atoms with Gasteiger partial charge in [-0.1, -0.05) is 67.9 Å². The minimum atomic E-state index is -1.18. The molecule has 7 heteroatoms. The average Bonchev–Trinajstić information content (AvgIpc) is 2.75. The van der Waals surface area contributed by atoms with Crippen molar-refractivity contribution >= 4 is 11.9 Å². The molecule has 0 atom stereocenters. The van der Waals surface area contributed by atoms with E-state index in [2.05, 4.69) is 15.3 Å². The quantitative estimate of drug-likeness (QED) is 0.530. The molecule has 7 nitrogen and oxygen atoms in total. The standard InChI is InChI=1S/C23H23N3O4/c1-2-6-18-22(29)21(23(30)24-14-20(27)28)26-19(25-18)13-15-9-11-17(12-10-15)16-7-4-3-5-8-16/h3-5,7-12,29H,2,6,13-14H2,1H3,(H,24,30)(H,27,28). The second-order valence-corrected chi connectivity index (χ2v) is 6.85. The number of carbonyl (C=O) groups excluding carboxylic acids is 1. The fraction of sp³-hybridized carbons (Fsp3) is 0.217. The number of aryl methyl sites for hydroxylation is 1. The van der Waals surface area contributed by atoms with E-state index in [9.17, 15) is 14.7 Å². The predicted octanol–water partition coefficient (Wildman–Crippen LogP) is 3.21. The first-order valence-electron chi connectivity index (χ1n) is 9.71. The smallest absolute Gasteiger partial charge is 0.322 e. The maximum Gasteiger partial charge on any atom is 0.322 e. The Labute approximate surface area is 174 Å². The number of aromatic nitrogens is 2. The lowest BCUT2D eigenvalue weighted by Crippen LogP contribution is -2.30. The van der Waals surface area contributed by atoms with E-state index < -0.39 is 18.4 Å². The van der Waals surface area contributed by atoms with Gasteiger partial charge in [-0.15, -0.1) is 0 Å². The van der Waals surface area contributed by atoms with E-state index in [1.807, 2.05) is 61.5 Å². The van der Waals surface area contributed by atoms with Gasteiger partial charge in [-0.2, -0.15) is 0 Å². The monoisotopic (exact) mass is 405 g/mol. The molecule has 0 aliphatic rings. The van der Waals surface area contributed by atoms with Crippen molar-refractivity contribution in [2.24, 2.45) is 0 Å². The van der Waals surface area contributed by atoms with Crippen LogP contribution in [0.1, 0.15) is 40.9 Å². The molecule has 0 radical (unpaired) electrons. The van der Waals surface area contributed by atoms with Gasteiger partial charge in [0, 0.05) is 6.42 Å². The lowest BCUT2D eigenvalue weighted by molar-refractivity contribution is -0.135. The first kappa shape index (κ1) is 21.0. The van der Waals surface area contributed by atoms with Gasteiger partial charge in [0.1, 0.15) is 12.4 Å². The van der Waals surface area contributed by atoms with Crippen LogP contribution >= 0.6 is 0 Å². The van der Waals surface area contributed by atoms with E-state index in [0.717, 1.165) is 23.1 Å². The lowest BCUT2D eigenvalue weighted by atomic mass is 10.0. The summed E-state index contributed by atoms with van der Waals surface area (Å²) in [5.74, 6) is -1.83. The normalized spacial score (nSPS) is 10.6. The lowest BCUT2D eigenvalue weighted by Gasteiger charge is -2.11. The molecule has 0 bridgehead atoms. The van der Waals surface area contributed by atoms with Crippen LogP contribution in [-0.4, -0.2) is 38.6 Å². The molecular weight excluding hydrogens is 382 g/mol. The summed E-state index contributed by atoms with van der Waals surface area (Å²) in [6.45, 7) is 1.38. The van der Waals surface area contributed by atoms with Crippen molar-refractivity contribution in [1.82, 2.24) is 15.3 Å². The van der Waals surface area contributed by atoms with Gasteiger partial charge in [0.05, 0.1) is 5.69 Å². The summed E-state index contributed by atoms with van der Waals surface area (Å²) in [6.07, 6.45) is 1.59. The predicted molar refractivity (Wildman–Crippen MR) is 112 cm³/mol. The zero-order valence-electron chi connectivity index (χ0n) is 16.6. The third-order valence-corrected chi connectivity index (χ3v) is 4.53. The van der Waals surface area contributed by atoms with Crippen LogP contribution in [0, 0.1) is 0 Å². The maximum atomic E-state index is 12.3. The number of rotatable bonds is 8. The molecule has 0 fully saturated rings. The molecule has 0 aliphatic heterocycles. The Hall–Kier alpha value is -3.74. The van der Waals surface area contributed by atoms with Crippen molar-refractivity contribution in [3.63, 3.8) is 0 Å². The Morgan fingerprint density at radius 3 is 2.27 bits per heavy atom. The van der Waals surface area contributed by atoms with Crippen LogP contribution < -0.4 is 5.32 Å². The van der Waals surface area contributed by atoms with Crippen molar-refractivity contribution in [2.75, 3.05) is 6.54 Å². The SMILES string of the molecule is CCCc1nc(Cc2ccc(-c3ccccc3)cc2)nc(C(=O)NCC(=O)O)c1O. The van der Waals surface area contributed by atoms with Gasteiger partial charge in [-0.3, -0.25) is 9.59 Å². The van der Waals surface area contributed by atoms with Crippen LogP contribution in [0.25, 0.3) is 11.1 Å². The number of aromatic hydroxyl groups is 1. The van der Waals surface area contributed by atoms with Crippen molar-refractivity contribution in [1.29, 1.82) is 0 Å². The van der Waals surface area contributed by atoms with Crippen LogP contribution in [0.4, 0.5) is 0 Å². The van der Waals surface area contributed by atoms with Crippen LogP contribution in [0.5, 0.6) is 5.75 Å². The zero-order chi connectivity index (χ0) is 21.5. The molecule has 0 saturated heterocycles. The Morgan fingerprint density at radius 2 is 1.63 bits per heavy atom. The minimum Gasteiger partial charge on any atom is -0.504 e. The van der Waals surface area contributed by atoms with Gasteiger partial charge in [-0.05, 0) is 23.1 Å². The van der Waals surface area contributed by atoms with Crippen LogP contribution in [0.3, 0.4) is 0 Å². The first-order valence-corrected chi connectivity index (χ1v) is 9.71. The van der Waals surface area contributed by atoms with E-state index in [-0.39, 0.29) is 11.4 Å². The van der Waals surface area contributed by atoms with Gasteiger partial charge < -0.3 is 15.5 Å². The number of carboxylic acid groups (broad SMARTS) is 1. The average molecular weight is 405 g/mol. The summed E-state index contributed by atoms with van der Waals surface area (Å²) < 4.78 is 0. The molecule has 0 saturated carbocycles. The number of carbonyl (C=O) groups is 2. The Bertz CT molecular complexity index is 1030. The molecule has 154 valence electrons. The molecule has 2 aromatic carbocycles. The summed E-state index contributed by atoms with van der Waals surface area (Å²) in [7, 11) is 0. The number of carboxylic acids is 1. The largest absolute Gasteiger partial charge is 0.504 e. The van der Waals surface area contributed by atoms with Gasteiger partial charge >= 0.3 is 5.97 Å². The highest BCUT2D eigenvalue weighted by molar-refractivity contribution is 5.96. The number of benzene rings is 2. The highest BCUT2D eigenvalue weighted by Crippen LogP contribution is 2.23. The molecule has 0 aliphatic carbocycles. The van der Waals surface area contributed by atoms with Crippen molar-refractivity contribution in [3.05, 3.63) is 77.4 Å². The summed E-state index contributed by atoms with van der Waals surface area (Å²) in [4.78, 5) is 31.6. The molecule has 30 heavy (non-hydrogen) atoms. The molecule has 0 unspecified atom stereocenters. The number of aliphatic carboxylic acids is 1. The molecule has 3 N–H and O–H groups in total. The Morgan fingerprint density at radius 1 is 0.967 bits per heavy atom.